The largest absolute Gasteiger partial charge is 0.444 e. The van der Waals surface area contributed by atoms with E-state index >= 15 is 0 Å². The molecule has 3 aliphatic heterocycles. The third-order valence-corrected chi connectivity index (χ3v) is 5.68. The van der Waals surface area contributed by atoms with Gasteiger partial charge in [-0.25, -0.2) is 4.79 Å². The maximum atomic E-state index is 12.2. The van der Waals surface area contributed by atoms with Gasteiger partial charge in [0.15, 0.2) is 0 Å². The number of hydrogen-bond acceptors (Lipinski definition) is 6. The molecule has 3 heterocycles. The Hall–Kier alpha value is -0.890. The first-order valence-corrected chi connectivity index (χ1v) is 10.6. The number of amides is 1. The zero-order valence-corrected chi connectivity index (χ0v) is 17.4. The van der Waals surface area contributed by atoms with E-state index in [0.29, 0.717) is 12.0 Å². The van der Waals surface area contributed by atoms with Crippen LogP contribution >= 0.6 is 0 Å². The van der Waals surface area contributed by atoms with Crippen molar-refractivity contribution in [1.29, 1.82) is 0 Å². The Labute approximate surface area is 164 Å². The summed E-state index contributed by atoms with van der Waals surface area (Å²) in [6.45, 7) is 16.7. The van der Waals surface area contributed by atoms with Crippen LogP contribution in [0.15, 0.2) is 0 Å². The highest BCUT2D eigenvalue weighted by molar-refractivity contribution is 5.68. The number of carbonyl (C=O) groups excluding carboxylic acids is 1. The van der Waals surface area contributed by atoms with Gasteiger partial charge < -0.3 is 19.7 Å². The van der Waals surface area contributed by atoms with Crippen molar-refractivity contribution in [3.05, 3.63) is 0 Å². The monoisotopic (exact) mass is 382 g/mol. The normalized spacial score (nSPS) is 28.9. The second-order valence-corrected chi connectivity index (χ2v) is 9.22. The minimum Gasteiger partial charge on any atom is -0.444 e. The highest BCUT2D eigenvalue weighted by Gasteiger charge is 2.29. The maximum absolute atomic E-state index is 12.2. The van der Waals surface area contributed by atoms with Crippen LogP contribution in [0.25, 0.3) is 0 Å². The van der Waals surface area contributed by atoms with Gasteiger partial charge in [-0.15, -0.1) is 0 Å². The van der Waals surface area contributed by atoms with Crippen molar-refractivity contribution >= 4 is 6.09 Å². The van der Waals surface area contributed by atoms with E-state index in [1.807, 2.05) is 25.7 Å². The molecule has 3 saturated heterocycles. The number of rotatable bonds is 4. The van der Waals surface area contributed by atoms with Gasteiger partial charge in [0.05, 0.1) is 12.7 Å². The Morgan fingerprint density at radius 2 is 1.67 bits per heavy atom. The van der Waals surface area contributed by atoms with E-state index in [4.69, 9.17) is 9.47 Å². The quantitative estimate of drug-likeness (QED) is 0.790. The summed E-state index contributed by atoms with van der Waals surface area (Å²) >= 11 is 0. The van der Waals surface area contributed by atoms with Crippen LogP contribution in [-0.2, 0) is 9.47 Å². The lowest BCUT2D eigenvalue weighted by Gasteiger charge is -2.39. The van der Waals surface area contributed by atoms with Crippen molar-refractivity contribution in [3.8, 4) is 0 Å². The van der Waals surface area contributed by atoms with Crippen LogP contribution in [0.3, 0.4) is 0 Å². The number of carbonyl (C=O) groups is 1. The molecule has 2 atom stereocenters. The second kappa shape index (κ2) is 9.54. The molecule has 0 aliphatic carbocycles. The van der Waals surface area contributed by atoms with Crippen LogP contribution < -0.4 is 5.32 Å². The Morgan fingerprint density at radius 3 is 2.26 bits per heavy atom. The summed E-state index contributed by atoms with van der Waals surface area (Å²) in [5, 5.41) is 3.41. The Morgan fingerprint density at radius 1 is 1.00 bits per heavy atom. The molecule has 1 N–H and O–H groups in total. The molecule has 156 valence electrons. The van der Waals surface area contributed by atoms with Gasteiger partial charge in [-0.2, -0.15) is 0 Å². The van der Waals surface area contributed by atoms with Crippen molar-refractivity contribution in [2.24, 2.45) is 5.92 Å². The first-order chi connectivity index (χ1) is 12.9. The zero-order chi connectivity index (χ0) is 19.3. The zero-order valence-electron chi connectivity index (χ0n) is 17.4. The molecule has 3 aliphatic rings. The van der Waals surface area contributed by atoms with E-state index in [9.17, 15) is 4.79 Å². The van der Waals surface area contributed by atoms with E-state index in [0.717, 1.165) is 72.1 Å². The molecular weight excluding hydrogens is 344 g/mol. The minimum atomic E-state index is -0.422. The Bertz CT molecular complexity index is 460. The SMILES string of the molecule is CC(C)(C)OC(=O)N1CCN(C[C@@H]2CC[C@@H](CN3CCNCC3)OC2)CC1. The topological polar surface area (TPSA) is 57.3 Å². The van der Waals surface area contributed by atoms with Gasteiger partial charge >= 0.3 is 6.09 Å². The molecule has 0 bridgehead atoms. The predicted molar refractivity (Wildman–Crippen MR) is 106 cm³/mol. The predicted octanol–water partition coefficient (Wildman–Crippen LogP) is 1.24. The molecule has 0 spiro atoms. The molecule has 7 nitrogen and oxygen atoms in total. The van der Waals surface area contributed by atoms with Crippen molar-refractivity contribution in [2.45, 2.75) is 45.3 Å². The molecule has 0 aromatic heterocycles. The Kier molecular flexibility index (Phi) is 7.36. The molecule has 1 amide bonds. The molecule has 27 heavy (non-hydrogen) atoms. The molecule has 0 aromatic carbocycles. The molecule has 0 unspecified atom stereocenters. The maximum Gasteiger partial charge on any atom is 0.410 e. The van der Waals surface area contributed by atoms with Crippen molar-refractivity contribution in [1.82, 2.24) is 20.0 Å². The minimum absolute atomic E-state index is 0.182. The van der Waals surface area contributed by atoms with Crippen molar-refractivity contribution < 1.29 is 14.3 Å². The van der Waals surface area contributed by atoms with Gasteiger partial charge in [0.25, 0.3) is 0 Å². The fraction of sp³-hybridized carbons (Fsp3) is 0.950. The fourth-order valence-electron chi connectivity index (χ4n) is 4.13. The van der Waals surface area contributed by atoms with Crippen LogP contribution in [0, 0.1) is 5.92 Å². The number of piperazine rings is 2. The lowest BCUT2D eigenvalue weighted by atomic mass is 9.97. The van der Waals surface area contributed by atoms with Crippen molar-refractivity contribution in [2.75, 3.05) is 72.1 Å². The second-order valence-electron chi connectivity index (χ2n) is 9.22. The van der Waals surface area contributed by atoms with Crippen molar-refractivity contribution in [3.63, 3.8) is 0 Å². The third kappa shape index (κ3) is 6.89. The van der Waals surface area contributed by atoms with Gasteiger partial charge in [0.1, 0.15) is 5.60 Å². The van der Waals surface area contributed by atoms with E-state index in [-0.39, 0.29) is 6.09 Å². The first kappa shape index (κ1) is 20.8. The summed E-state index contributed by atoms with van der Waals surface area (Å²) in [5.41, 5.74) is -0.422. The summed E-state index contributed by atoms with van der Waals surface area (Å²) in [6.07, 6.45) is 2.65. The van der Waals surface area contributed by atoms with Gasteiger partial charge in [0, 0.05) is 65.4 Å². The molecular formula is C20H38N4O3. The summed E-state index contributed by atoms with van der Waals surface area (Å²) in [5.74, 6) is 0.623. The molecule has 0 saturated carbocycles. The van der Waals surface area contributed by atoms with Crippen LogP contribution in [0.5, 0.6) is 0 Å². The van der Waals surface area contributed by atoms with E-state index < -0.39 is 5.60 Å². The van der Waals surface area contributed by atoms with E-state index in [1.54, 1.807) is 0 Å². The number of nitrogens with one attached hydrogen (secondary N) is 1. The molecule has 3 rings (SSSR count). The average Bonchev–Trinajstić information content (AvgIpc) is 2.63. The molecule has 7 heteroatoms. The van der Waals surface area contributed by atoms with Crippen LogP contribution in [0.2, 0.25) is 0 Å². The number of hydrogen-bond donors (Lipinski definition) is 1. The summed E-state index contributed by atoms with van der Waals surface area (Å²) < 4.78 is 11.7. The molecule has 0 aromatic rings. The number of nitrogens with zero attached hydrogens (tertiary/aromatic N) is 3. The van der Waals surface area contributed by atoms with Gasteiger partial charge in [-0.3, -0.25) is 9.80 Å². The highest BCUT2D eigenvalue weighted by Crippen LogP contribution is 2.22. The first-order valence-electron chi connectivity index (χ1n) is 10.6. The van der Waals surface area contributed by atoms with E-state index in [1.165, 1.54) is 12.8 Å². The third-order valence-electron chi connectivity index (χ3n) is 5.68. The van der Waals surface area contributed by atoms with Crippen LogP contribution in [0.1, 0.15) is 33.6 Å². The summed E-state index contributed by atoms with van der Waals surface area (Å²) in [7, 11) is 0. The summed E-state index contributed by atoms with van der Waals surface area (Å²) in [6, 6.07) is 0. The Balaban J connectivity index is 1.31. The van der Waals surface area contributed by atoms with Crippen LogP contribution in [0.4, 0.5) is 4.79 Å². The van der Waals surface area contributed by atoms with Crippen LogP contribution in [-0.4, -0.2) is 105 Å². The average molecular weight is 383 g/mol. The van der Waals surface area contributed by atoms with Gasteiger partial charge in [-0.1, -0.05) is 0 Å². The molecule has 0 radical (unpaired) electrons. The number of ether oxygens (including phenoxy) is 2. The lowest BCUT2D eigenvalue weighted by molar-refractivity contribution is -0.0438. The standard InChI is InChI=1S/C20H38N4O3/c1-20(2,3)27-19(25)24-12-10-23(11-13-24)14-17-4-5-18(26-16-17)15-22-8-6-21-7-9-22/h17-18,21H,4-16H2,1-3H3/t17-,18-/m0/s1. The smallest absolute Gasteiger partial charge is 0.410 e. The summed E-state index contributed by atoms with van der Waals surface area (Å²) in [4.78, 5) is 19.0. The van der Waals surface area contributed by atoms with Gasteiger partial charge in [-0.05, 0) is 39.5 Å². The highest BCUT2D eigenvalue weighted by atomic mass is 16.6. The fourth-order valence-corrected chi connectivity index (χ4v) is 4.13. The lowest BCUT2D eigenvalue weighted by Crippen LogP contribution is -2.52. The van der Waals surface area contributed by atoms with E-state index in [2.05, 4.69) is 15.1 Å². The molecule has 3 fully saturated rings. The van der Waals surface area contributed by atoms with Gasteiger partial charge in [0.2, 0.25) is 0 Å².